The van der Waals surface area contributed by atoms with Crippen molar-refractivity contribution in [2.45, 2.75) is 0 Å². The van der Waals surface area contributed by atoms with Crippen molar-refractivity contribution in [2.24, 2.45) is 0 Å². The van der Waals surface area contributed by atoms with Crippen LogP contribution in [0, 0.1) is 0 Å². The SMILES string of the molecule is c1ccc(-c2ccc(-c3ccc(N(c4ccc(-c5cccc6c5oc5ccccc56)c(-c5ccccc5)c4)c4cccc5c4oc4ccccc45)cc3)cc2)cc1. The number of hydrogen-bond donors (Lipinski definition) is 0. The molecule has 2 heterocycles. The van der Waals surface area contributed by atoms with Crippen molar-refractivity contribution >= 4 is 60.9 Å². The van der Waals surface area contributed by atoms with E-state index in [0.717, 1.165) is 88.8 Å². The van der Waals surface area contributed by atoms with Crippen LogP contribution in [0.5, 0.6) is 0 Å². The van der Waals surface area contributed by atoms with Crippen molar-refractivity contribution in [1.82, 2.24) is 0 Å². The second-order valence-electron chi connectivity index (χ2n) is 14.5. The molecule has 0 aliphatic carbocycles. The molecule has 0 atom stereocenters. The maximum absolute atomic E-state index is 6.68. The number of furan rings is 2. The lowest BCUT2D eigenvalue weighted by molar-refractivity contribution is 0.669. The Kier molecular flexibility index (Phi) is 7.82. The zero-order chi connectivity index (χ0) is 37.7. The van der Waals surface area contributed by atoms with Crippen LogP contribution in [-0.2, 0) is 0 Å². The van der Waals surface area contributed by atoms with Gasteiger partial charge in [0.25, 0.3) is 0 Å². The Morgan fingerprint density at radius 1 is 0.281 bits per heavy atom. The van der Waals surface area contributed by atoms with Crippen LogP contribution < -0.4 is 4.90 Å². The molecular formula is C54H35NO2. The first-order chi connectivity index (χ1) is 28.3. The van der Waals surface area contributed by atoms with Gasteiger partial charge in [0.05, 0.1) is 5.69 Å². The van der Waals surface area contributed by atoms with Gasteiger partial charge < -0.3 is 13.7 Å². The molecule has 57 heavy (non-hydrogen) atoms. The Morgan fingerprint density at radius 2 is 0.754 bits per heavy atom. The molecule has 0 amide bonds. The van der Waals surface area contributed by atoms with E-state index in [1.54, 1.807) is 0 Å². The predicted octanol–water partition coefficient (Wildman–Crippen LogP) is 15.6. The average Bonchev–Trinajstić information content (AvgIpc) is 3.87. The summed E-state index contributed by atoms with van der Waals surface area (Å²) in [4.78, 5) is 2.32. The number of anilines is 3. The minimum absolute atomic E-state index is 0.844. The second-order valence-corrected chi connectivity index (χ2v) is 14.5. The summed E-state index contributed by atoms with van der Waals surface area (Å²) < 4.78 is 13.3. The number of rotatable bonds is 7. The Morgan fingerprint density at radius 3 is 1.40 bits per heavy atom. The fourth-order valence-electron chi connectivity index (χ4n) is 8.35. The molecule has 0 radical (unpaired) electrons. The molecule has 0 unspecified atom stereocenters. The monoisotopic (exact) mass is 729 g/mol. The first kappa shape index (κ1) is 32.8. The van der Waals surface area contributed by atoms with Gasteiger partial charge in [0, 0.05) is 38.5 Å². The molecular weight excluding hydrogens is 695 g/mol. The summed E-state index contributed by atoms with van der Waals surface area (Å²) in [6, 6.07) is 75.0. The Hall–Kier alpha value is -7.62. The summed E-state index contributed by atoms with van der Waals surface area (Å²) in [7, 11) is 0. The number of hydrogen-bond acceptors (Lipinski definition) is 3. The van der Waals surface area contributed by atoms with Crippen LogP contribution in [0.25, 0.3) is 88.4 Å². The van der Waals surface area contributed by atoms with E-state index in [-0.39, 0.29) is 0 Å². The number of para-hydroxylation sites is 4. The highest BCUT2D eigenvalue weighted by Gasteiger charge is 2.22. The molecule has 11 aromatic rings. The minimum atomic E-state index is 0.844. The highest BCUT2D eigenvalue weighted by Crippen LogP contribution is 2.46. The third-order valence-corrected chi connectivity index (χ3v) is 11.1. The van der Waals surface area contributed by atoms with E-state index in [4.69, 9.17) is 8.83 Å². The van der Waals surface area contributed by atoms with Gasteiger partial charge in [-0.05, 0) is 81.4 Å². The van der Waals surface area contributed by atoms with Gasteiger partial charge in [0.1, 0.15) is 16.7 Å². The zero-order valence-electron chi connectivity index (χ0n) is 31.0. The van der Waals surface area contributed by atoms with Gasteiger partial charge in [-0.2, -0.15) is 0 Å². The second kappa shape index (κ2) is 13.6. The summed E-state index contributed by atoms with van der Waals surface area (Å²) in [5.74, 6) is 0. The molecule has 3 heteroatoms. The fraction of sp³-hybridized carbons (Fsp3) is 0. The Bertz CT molecular complexity index is 3210. The largest absolute Gasteiger partial charge is 0.455 e. The zero-order valence-corrected chi connectivity index (χ0v) is 31.0. The van der Waals surface area contributed by atoms with Crippen molar-refractivity contribution in [2.75, 3.05) is 4.90 Å². The fourth-order valence-corrected chi connectivity index (χ4v) is 8.35. The van der Waals surface area contributed by atoms with E-state index in [1.165, 1.54) is 16.7 Å². The standard InChI is InChI=1S/C54H35NO2/c1-3-13-36(14-4-1)37-25-27-38(28-26-37)39-29-31-41(32-30-39)55(50-22-12-21-48-45-18-8-10-24-52(45)57-54(48)50)42-33-34-43(49(35-42)40-15-5-2-6-16-40)46-19-11-20-47-44-17-7-9-23-51(44)56-53(46)47/h1-35H. The van der Waals surface area contributed by atoms with Crippen LogP contribution in [-0.4, -0.2) is 0 Å². The van der Waals surface area contributed by atoms with Crippen LogP contribution in [0.4, 0.5) is 17.1 Å². The molecule has 9 aromatic carbocycles. The lowest BCUT2D eigenvalue weighted by Crippen LogP contribution is -2.10. The summed E-state index contributed by atoms with van der Waals surface area (Å²) in [5, 5.41) is 4.41. The molecule has 0 spiro atoms. The summed E-state index contributed by atoms with van der Waals surface area (Å²) in [6.45, 7) is 0. The molecule has 0 N–H and O–H groups in total. The van der Waals surface area contributed by atoms with E-state index < -0.39 is 0 Å². The Labute approximate surface area is 330 Å². The van der Waals surface area contributed by atoms with Gasteiger partial charge in [-0.25, -0.2) is 0 Å². The van der Waals surface area contributed by atoms with Gasteiger partial charge in [-0.3, -0.25) is 0 Å². The van der Waals surface area contributed by atoms with Crippen molar-refractivity contribution in [1.29, 1.82) is 0 Å². The number of benzene rings is 9. The third kappa shape index (κ3) is 5.68. The lowest BCUT2D eigenvalue weighted by Gasteiger charge is -2.27. The summed E-state index contributed by atoms with van der Waals surface area (Å²) >= 11 is 0. The molecule has 0 saturated carbocycles. The predicted molar refractivity (Wildman–Crippen MR) is 237 cm³/mol. The van der Waals surface area contributed by atoms with Crippen molar-refractivity contribution in [3.05, 3.63) is 212 Å². The molecule has 11 rings (SSSR count). The van der Waals surface area contributed by atoms with Crippen molar-refractivity contribution in [3.63, 3.8) is 0 Å². The van der Waals surface area contributed by atoms with Crippen LogP contribution in [0.2, 0.25) is 0 Å². The number of nitrogens with zero attached hydrogens (tertiary/aromatic N) is 1. The first-order valence-electron chi connectivity index (χ1n) is 19.3. The van der Waals surface area contributed by atoms with Gasteiger partial charge in [-0.1, -0.05) is 170 Å². The quantitative estimate of drug-likeness (QED) is 0.164. The molecule has 0 aliphatic heterocycles. The van der Waals surface area contributed by atoms with Crippen molar-refractivity contribution in [3.8, 4) is 44.5 Å². The highest BCUT2D eigenvalue weighted by molar-refractivity contribution is 6.12. The minimum Gasteiger partial charge on any atom is -0.455 e. The smallest absolute Gasteiger partial charge is 0.159 e. The summed E-state index contributed by atoms with van der Waals surface area (Å²) in [6.07, 6.45) is 0. The van der Waals surface area contributed by atoms with E-state index in [2.05, 4.69) is 193 Å². The van der Waals surface area contributed by atoms with Gasteiger partial charge in [0.15, 0.2) is 5.58 Å². The van der Waals surface area contributed by atoms with E-state index >= 15 is 0 Å². The summed E-state index contributed by atoms with van der Waals surface area (Å²) in [5.41, 5.74) is 15.6. The van der Waals surface area contributed by atoms with Gasteiger partial charge in [0.2, 0.25) is 0 Å². The molecule has 0 saturated heterocycles. The van der Waals surface area contributed by atoms with E-state index in [0.29, 0.717) is 0 Å². The van der Waals surface area contributed by atoms with Crippen LogP contribution in [0.15, 0.2) is 221 Å². The maximum Gasteiger partial charge on any atom is 0.159 e. The van der Waals surface area contributed by atoms with Crippen LogP contribution in [0.1, 0.15) is 0 Å². The normalized spacial score (nSPS) is 11.5. The highest BCUT2D eigenvalue weighted by atomic mass is 16.3. The molecule has 268 valence electrons. The van der Waals surface area contributed by atoms with Crippen LogP contribution >= 0.6 is 0 Å². The molecule has 0 bridgehead atoms. The first-order valence-corrected chi connectivity index (χ1v) is 19.3. The van der Waals surface area contributed by atoms with E-state index in [1.807, 2.05) is 24.3 Å². The Balaban J connectivity index is 1.09. The third-order valence-electron chi connectivity index (χ3n) is 11.1. The average molecular weight is 730 g/mol. The molecule has 0 aliphatic rings. The lowest BCUT2D eigenvalue weighted by atomic mass is 9.92. The molecule has 3 nitrogen and oxygen atoms in total. The van der Waals surface area contributed by atoms with E-state index in [9.17, 15) is 0 Å². The molecule has 0 fully saturated rings. The topological polar surface area (TPSA) is 29.5 Å². The van der Waals surface area contributed by atoms with Gasteiger partial charge >= 0.3 is 0 Å². The number of fused-ring (bicyclic) bond motifs is 6. The van der Waals surface area contributed by atoms with Crippen LogP contribution in [0.3, 0.4) is 0 Å². The van der Waals surface area contributed by atoms with Gasteiger partial charge in [-0.15, -0.1) is 0 Å². The van der Waals surface area contributed by atoms with Crippen molar-refractivity contribution < 1.29 is 8.83 Å². The maximum atomic E-state index is 6.68. The molecule has 2 aromatic heterocycles.